The summed E-state index contributed by atoms with van der Waals surface area (Å²) in [5.41, 5.74) is 2.17. The molecule has 0 radical (unpaired) electrons. The average Bonchev–Trinajstić information content (AvgIpc) is 2.37. The number of phenols is 1. The molecule has 0 spiro atoms. The lowest BCUT2D eigenvalue weighted by molar-refractivity contribution is 0.0948. The summed E-state index contributed by atoms with van der Waals surface area (Å²) in [6, 6.07) is 11.1. The van der Waals surface area contributed by atoms with Crippen LogP contribution in [0.15, 0.2) is 42.5 Å². The third-order valence-electron chi connectivity index (χ3n) is 2.78. The summed E-state index contributed by atoms with van der Waals surface area (Å²) >= 11 is 0. The second-order valence-electron chi connectivity index (χ2n) is 4.33. The SMILES string of the molecule is Cc1ccc(CNC(=O)c2ccc(F)cc2O)cc1. The van der Waals surface area contributed by atoms with Gasteiger partial charge in [0, 0.05) is 12.6 Å². The van der Waals surface area contributed by atoms with Gasteiger partial charge in [-0.3, -0.25) is 4.79 Å². The number of aryl methyl sites for hydroxylation is 1. The molecule has 3 nitrogen and oxygen atoms in total. The lowest BCUT2D eigenvalue weighted by Crippen LogP contribution is -2.22. The summed E-state index contributed by atoms with van der Waals surface area (Å²) in [7, 11) is 0. The molecule has 98 valence electrons. The molecular formula is C15H14FNO2. The van der Waals surface area contributed by atoms with Gasteiger partial charge in [-0.15, -0.1) is 0 Å². The molecule has 2 N–H and O–H groups in total. The van der Waals surface area contributed by atoms with E-state index in [1.807, 2.05) is 31.2 Å². The number of rotatable bonds is 3. The number of carbonyl (C=O) groups excluding carboxylic acids is 1. The van der Waals surface area contributed by atoms with Crippen molar-refractivity contribution in [2.24, 2.45) is 0 Å². The Morgan fingerprint density at radius 2 is 1.89 bits per heavy atom. The molecule has 0 bridgehead atoms. The molecule has 19 heavy (non-hydrogen) atoms. The Bertz CT molecular complexity index is 594. The number of aromatic hydroxyl groups is 1. The van der Waals surface area contributed by atoms with E-state index in [1.54, 1.807) is 0 Å². The molecule has 4 heteroatoms. The molecule has 0 aliphatic rings. The van der Waals surface area contributed by atoms with Crippen LogP contribution in [0.5, 0.6) is 5.75 Å². The highest BCUT2D eigenvalue weighted by molar-refractivity contribution is 5.96. The van der Waals surface area contributed by atoms with Gasteiger partial charge in [0.2, 0.25) is 0 Å². The van der Waals surface area contributed by atoms with Gasteiger partial charge in [-0.1, -0.05) is 29.8 Å². The Kier molecular flexibility index (Phi) is 3.80. The highest BCUT2D eigenvalue weighted by atomic mass is 19.1. The lowest BCUT2D eigenvalue weighted by Gasteiger charge is -2.07. The molecular weight excluding hydrogens is 245 g/mol. The van der Waals surface area contributed by atoms with Gasteiger partial charge in [0.05, 0.1) is 5.56 Å². The van der Waals surface area contributed by atoms with Crippen molar-refractivity contribution in [3.05, 3.63) is 65.0 Å². The predicted molar refractivity (Wildman–Crippen MR) is 70.4 cm³/mol. The fraction of sp³-hybridized carbons (Fsp3) is 0.133. The monoisotopic (exact) mass is 259 g/mol. The highest BCUT2D eigenvalue weighted by Gasteiger charge is 2.11. The van der Waals surface area contributed by atoms with Gasteiger partial charge in [0.25, 0.3) is 5.91 Å². The standard InChI is InChI=1S/C15H14FNO2/c1-10-2-4-11(5-3-10)9-17-15(19)13-7-6-12(16)8-14(13)18/h2-8,18H,9H2,1H3,(H,17,19). The average molecular weight is 259 g/mol. The zero-order valence-corrected chi connectivity index (χ0v) is 10.5. The molecule has 2 rings (SSSR count). The number of hydrogen-bond donors (Lipinski definition) is 2. The van der Waals surface area contributed by atoms with E-state index in [4.69, 9.17) is 0 Å². The van der Waals surface area contributed by atoms with E-state index in [0.29, 0.717) is 6.54 Å². The number of halogens is 1. The van der Waals surface area contributed by atoms with Crippen molar-refractivity contribution in [2.45, 2.75) is 13.5 Å². The lowest BCUT2D eigenvalue weighted by atomic mass is 10.1. The van der Waals surface area contributed by atoms with Crippen molar-refractivity contribution in [2.75, 3.05) is 0 Å². The maximum absolute atomic E-state index is 12.8. The van der Waals surface area contributed by atoms with Gasteiger partial charge in [-0.2, -0.15) is 0 Å². The van der Waals surface area contributed by atoms with Crippen LogP contribution in [0, 0.1) is 12.7 Å². The third-order valence-corrected chi connectivity index (χ3v) is 2.78. The first-order valence-electron chi connectivity index (χ1n) is 5.88. The van der Waals surface area contributed by atoms with Crippen LogP contribution in [0.3, 0.4) is 0 Å². The van der Waals surface area contributed by atoms with Gasteiger partial charge >= 0.3 is 0 Å². The van der Waals surface area contributed by atoms with Crippen molar-refractivity contribution in [3.63, 3.8) is 0 Å². The van der Waals surface area contributed by atoms with Crippen LogP contribution in [-0.4, -0.2) is 11.0 Å². The van der Waals surface area contributed by atoms with Gasteiger partial charge in [0.1, 0.15) is 11.6 Å². The predicted octanol–water partition coefficient (Wildman–Crippen LogP) is 2.77. The van der Waals surface area contributed by atoms with Gasteiger partial charge in [0.15, 0.2) is 0 Å². The van der Waals surface area contributed by atoms with E-state index in [-0.39, 0.29) is 11.3 Å². The molecule has 0 unspecified atom stereocenters. The molecule has 0 aliphatic carbocycles. The number of benzene rings is 2. The van der Waals surface area contributed by atoms with Crippen LogP contribution < -0.4 is 5.32 Å². The Balaban J connectivity index is 2.03. The van der Waals surface area contributed by atoms with Crippen molar-refractivity contribution >= 4 is 5.91 Å². The quantitative estimate of drug-likeness (QED) is 0.890. The van der Waals surface area contributed by atoms with Crippen LogP contribution in [-0.2, 0) is 6.54 Å². The number of hydrogen-bond acceptors (Lipinski definition) is 2. The maximum Gasteiger partial charge on any atom is 0.255 e. The van der Waals surface area contributed by atoms with Crippen LogP contribution in [0.2, 0.25) is 0 Å². The van der Waals surface area contributed by atoms with Crippen molar-refractivity contribution in [1.82, 2.24) is 5.32 Å². The van der Waals surface area contributed by atoms with E-state index in [2.05, 4.69) is 5.32 Å². The van der Waals surface area contributed by atoms with Crippen molar-refractivity contribution in [3.8, 4) is 5.75 Å². The first-order valence-corrected chi connectivity index (χ1v) is 5.88. The molecule has 2 aromatic rings. The Morgan fingerprint density at radius 3 is 2.53 bits per heavy atom. The number of phenolic OH excluding ortho intramolecular Hbond substituents is 1. The normalized spacial score (nSPS) is 10.2. The topological polar surface area (TPSA) is 49.3 Å². The molecule has 0 atom stereocenters. The number of amides is 1. The Morgan fingerprint density at radius 1 is 1.21 bits per heavy atom. The summed E-state index contributed by atoms with van der Waals surface area (Å²) in [5, 5.41) is 12.2. The molecule has 0 saturated carbocycles. The maximum atomic E-state index is 12.8. The van der Waals surface area contributed by atoms with E-state index in [1.165, 1.54) is 6.07 Å². The molecule has 2 aromatic carbocycles. The zero-order valence-electron chi connectivity index (χ0n) is 10.5. The summed E-state index contributed by atoms with van der Waals surface area (Å²) in [5.74, 6) is -1.37. The Hall–Kier alpha value is -2.36. The fourth-order valence-corrected chi connectivity index (χ4v) is 1.68. The van der Waals surface area contributed by atoms with Crippen LogP contribution in [0.1, 0.15) is 21.5 Å². The van der Waals surface area contributed by atoms with E-state index >= 15 is 0 Å². The van der Waals surface area contributed by atoms with Crippen molar-refractivity contribution in [1.29, 1.82) is 0 Å². The van der Waals surface area contributed by atoms with Crippen LogP contribution >= 0.6 is 0 Å². The van der Waals surface area contributed by atoms with Crippen LogP contribution in [0.4, 0.5) is 4.39 Å². The second-order valence-corrected chi connectivity index (χ2v) is 4.33. The van der Waals surface area contributed by atoms with Crippen molar-refractivity contribution < 1.29 is 14.3 Å². The minimum absolute atomic E-state index is 0.0634. The third kappa shape index (κ3) is 3.31. The minimum Gasteiger partial charge on any atom is -0.507 e. The van der Waals surface area contributed by atoms with Gasteiger partial charge < -0.3 is 10.4 Å². The second kappa shape index (κ2) is 5.52. The van der Waals surface area contributed by atoms with E-state index in [0.717, 1.165) is 23.3 Å². The molecule has 1 amide bonds. The first-order chi connectivity index (χ1) is 9.06. The minimum atomic E-state index is -0.576. The first kappa shape index (κ1) is 13.1. The summed E-state index contributed by atoms with van der Waals surface area (Å²) < 4.78 is 12.8. The smallest absolute Gasteiger partial charge is 0.255 e. The van der Waals surface area contributed by atoms with E-state index in [9.17, 15) is 14.3 Å². The van der Waals surface area contributed by atoms with Crippen LogP contribution in [0.25, 0.3) is 0 Å². The molecule has 0 heterocycles. The molecule has 0 aromatic heterocycles. The molecule has 0 saturated heterocycles. The summed E-state index contributed by atoms with van der Waals surface area (Å²) in [4.78, 5) is 11.8. The fourth-order valence-electron chi connectivity index (χ4n) is 1.68. The zero-order chi connectivity index (χ0) is 13.8. The van der Waals surface area contributed by atoms with Gasteiger partial charge in [-0.05, 0) is 24.6 Å². The number of nitrogens with one attached hydrogen (secondary N) is 1. The molecule has 0 aliphatic heterocycles. The van der Waals surface area contributed by atoms with Gasteiger partial charge in [-0.25, -0.2) is 4.39 Å². The highest BCUT2D eigenvalue weighted by Crippen LogP contribution is 2.17. The van der Waals surface area contributed by atoms with E-state index < -0.39 is 11.7 Å². The Labute approximate surface area is 110 Å². The summed E-state index contributed by atoms with van der Waals surface area (Å²) in [6.45, 7) is 2.34. The largest absolute Gasteiger partial charge is 0.507 e. The number of carbonyl (C=O) groups is 1. The summed E-state index contributed by atoms with van der Waals surface area (Å²) in [6.07, 6.45) is 0. The molecule has 0 fully saturated rings.